The molecule has 1 aliphatic carbocycles. The number of carbonyl (C=O) groups is 1. The maximum Gasteiger partial charge on any atom is 0.261 e. The predicted octanol–water partition coefficient (Wildman–Crippen LogP) is 3.76. The van der Waals surface area contributed by atoms with Crippen molar-refractivity contribution in [1.29, 1.82) is 5.26 Å². The maximum absolute atomic E-state index is 12.8. The van der Waals surface area contributed by atoms with Gasteiger partial charge in [0.05, 0.1) is 11.6 Å². The zero-order valence-electron chi connectivity index (χ0n) is 14.4. The van der Waals surface area contributed by atoms with Gasteiger partial charge in [-0.15, -0.1) is 0 Å². The van der Waals surface area contributed by atoms with E-state index in [1.165, 1.54) is 12.8 Å². The van der Waals surface area contributed by atoms with Crippen LogP contribution in [-0.2, 0) is 11.3 Å². The summed E-state index contributed by atoms with van der Waals surface area (Å²) in [7, 11) is 0. The lowest BCUT2D eigenvalue weighted by molar-refractivity contribution is -0.136. The molecule has 0 N–H and O–H groups in total. The van der Waals surface area contributed by atoms with Crippen LogP contribution < -0.4 is 4.74 Å². The monoisotopic (exact) mass is 334 g/mol. The summed E-state index contributed by atoms with van der Waals surface area (Å²) in [5.41, 5.74) is 1.70. The van der Waals surface area contributed by atoms with E-state index in [1.807, 2.05) is 35.2 Å². The van der Waals surface area contributed by atoms with Gasteiger partial charge in [-0.1, -0.05) is 30.3 Å². The van der Waals surface area contributed by atoms with Gasteiger partial charge in [-0.2, -0.15) is 5.26 Å². The highest BCUT2D eigenvalue weighted by Gasteiger charge is 2.34. The number of ether oxygens (including phenoxy) is 1. The van der Waals surface area contributed by atoms with E-state index in [-0.39, 0.29) is 18.6 Å². The molecule has 2 aromatic rings. The second-order valence-corrected chi connectivity index (χ2v) is 6.51. The summed E-state index contributed by atoms with van der Waals surface area (Å²) in [6.45, 7) is 2.74. The largest absolute Gasteiger partial charge is 0.484 e. The van der Waals surface area contributed by atoms with Crippen molar-refractivity contribution in [3.8, 4) is 11.8 Å². The van der Waals surface area contributed by atoms with Crippen molar-refractivity contribution in [1.82, 2.24) is 4.90 Å². The van der Waals surface area contributed by atoms with E-state index in [0.717, 1.165) is 5.56 Å². The molecule has 4 heteroatoms. The highest BCUT2D eigenvalue weighted by Crippen LogP contribution is 2.35. The van der Waals surface area contributed by atoms with Crippen LogP contribution in [0.1, 0.15) is 30.9 Å². The molecule has 2 aromatic carbocycles. The molecule has 0 aliphatic heterocycles. The molecule has 4 nitrogen and oxygen atoms in total. The molecule has 0 spiro atoms. The Morgan fingerprint density at radius 3 is 2.48 bits per heavy atom. The van der Waals surface area contributed by atoms with Crippen LogP contribution >= 0.6 is 0 Å². The van der Waals surface area contributed by atoms with Crippen LogP contribution in [0.5, 0.6) is 5.75 Å². The SMILES string of the molecule is CC(C1CC1)N(Cc1ccccc1)C(=O)COc1ccc(C#N)cc1. The lowest BCUT2D eigenvalue weighted by Gasteiger charge is -2.29. The number of hydrogen-bond acceptors (Lipinski definition) is 3. The number of benzene rings is 2. The fraction of sp³-hybridized carbons (Fsp3) is 0.333. The average Bonchev–Trinajstić information content (AvgIpc) is 3.50. The molecular weight excluding hydrogens is 312 g/mol. The molecule has 1 aliphatic rings. The Labute approximate surface area is 148 Å². The van der Waals surface area contributed by atoms with Crippen LogP contribution in [-0.4, -0.2) is 23.5 Å². The Hall–Kier alpha value is -2.80. The molecule has 25 heavy (non-hydrogen) atoms. The average molecular weight is 334 g/mol. The topological polar surface area (TPSA) is 53.3 Å². The molecule has 0 heterocycles. The van der Waals surface area contributed by atoms with Gasteiger partial charge < -0.3 is 9.64 Å². The third-order valence-corrected chi connectivity index (χ3v) is 4.66. The molecule has 1 unspecified atom stereocenters. The first-order valence-electron chi connectivity index (χ1n) is 8.63. The van der Waals surface area contributed by atoms with E-state index < -0.39 is 0 Å². The summed E-state index contributed by atoms with van der Waals surface area (Å²) in [6, 6.07) is 19.2. The summed E-state index contributed by atoms with van der Waals surface area (Å²) in [6.07, 6.45) is 2.38. The fourth-order valence-electron chi connectivity index (χ4n) is 2.93. The number of carbonyl (C=O) groups excluding carboxylic acids is 1. The molecule has 3 rings (SSSR count). The Bertz CT molecular complexity index is 746. The molecule has 128 valence electrons. The van der Waals surface area contributed by atoms with E-state index in [0.29, 0.717) is 23.8 Å². The third-order valence-electron chi connectivity index (χ3n) is 4.66. The van der Waals surface area contributed by atoms with Crippen molar-refractivity contribution in [2.75, 3.05) is 6.61 Å². The lowest BCUT2D eigenvalue weighted by atomic mass is 10.1. The van der Waals surface area contributed by atoms with Crippen LogP contribution in [0, 0.1) is 17.2 Å². The Morgan fingerprint density at radius 1 is 1.20 bits per heavy atom. The summed E-state index contributed by atoms with van der Waals surface area (Å²) < 4.78 is 5.64. The van der Waals surface area contributed by atoms with Crippen LogP contribution in [0.4, 0.5) is 0 Å². The maximum atomic E-state index is 12.8. The van der Waals surface area contributed by atoms with Gasteiger partial charge in [0.2, 0.25) is 0 Å². The van der Waals surface area contributed by atoms with Crippen molar-refractivity contribution in [3.63, 3.8) is 0 Å². The zero-order chi connectivity index (χ0) is 17.6. The molecule has 1 atom stereocenters. The molecule has 0 bridgehead atoms. The van der Waals surface area contributed by atoms with Crippen LogP contribution in [0.3, 0.4) is 0 Å². The standard InChI is InChI=1S/C21H22N2O2/c1-16(19-9-10-19)23(14-18-5-3-2-4-6-18)21(24)15-25-20-11-7-17(13-22)8-12-20/h2-8,11-12,16,19H,9-10,14-15H2,1H3. The smallest absolute Gasteiger partial charge is 0.261 e. The van der Waals surface area contributed by atoms with Gasteiger partial charge in [0, 0.05) is 12.6 Å². The minimum atomic E-state index is -0.00684. The molecule has 0 aromatic heterocycles. The Morgan fingerprint density at radius 2 is 1.88 bits per heavy atom. The quantitative estimate of drug-likeness (QED) is 0.774. The second-order valence-electron chi connectivity index (χ2n) is 6.51. The summed E-state index contributed by atoms with van der Waals surface area (Å²) >= 11 is 0. The number of amides is 1. The van der Waals surface area contributed by atoms with Gasteiger partial charge in [-0.05, 0) is 55.5 Å². The Kier molecular flexibility index (Phi) is 5.35. The second kappa shape index (κ2) is 7.85. The molecule has 1 amide bonds. The number of nitriles is 1. The normalized spacial score (nSPS) is 14.4. The molecule has 1 saturated carbocycles. The van der Waals surface area contributed by atoms with Crippen molar-refractivity contribution in [3.05, 3.63) is 65.7 Å². The molecule has 1 fully saturated rings. The number of hydrogen-bond donors (Lipinski definition) is 0. The van der Waals surface area contributed by atoms with Crippen molar-refractivity contribution < 1.29 is 9.53 Å². The fourth-order valence-corrected chi connectivity index (χ4v) is 2.93. The van der Waals surface area contributed by atoms with Gasteiger partial charge in [0.1, 0.15) is 5.75 Å². The van der Waals surface area contributed by atoms with Crippen molar-refractivity contribution >= 4 is 5.91 Å². The molecular formula is C21H22N2O2. The van der Waals surface area contributed by atoms with E-state index in [1.54, 1.807) is 24.3 Å². The first-order valence-corrected chi connectivity index (χ1v) is 8.63. The van der Waals surface area contributed by atoms with Crippen LogP contribution in [0.2, 0.25) is 0 Å². The summed E-state index contributed by atoms with van der Waals surface area (Å²) in [5.74, 6) is 1.20. The van der Waals surface area contributed by atoms with Gasteiger partial charge in [0.15, 0.2) is 6.61 Å². The molecule has 0 saturated heterocycles. The van der Waals surface area contributed by atoms with Gasteiger partial charge in [0.25, 0.3) is 5.91 Å². The zero-order valence-corrected chi connectivity index (χ0v) is 14.4. The van der Waals surface area contributed by atoms with Crippen molar-refractivity contribution in [2.24, 2.45) is 5.92 Å². The van der Waals surface area contributed by atoms with Crippen LogP contribution in [0.25, 0.3) is 0 Å². The minimum absolute atomic E-state index is 0.00684. The highest BCUT2D eigenvalue weighted by atomic mass is 16.5. The van der Waals surface area contributed by atoms with E-state index in [4.69, 9.17) is 10.00 Å². The highest BCUT2D eigenvalue weighted by molar-refractivity contribution is 5.78. The summed E-state index contributed by atoms with van der Waals surface area (Å²) in [4.78, 5) is 14.7. The first-order chi connectivity index (χ1) is 12.2. The predicted molar refractivity (Wildman–Crippen MR) is 95.8 cm³/mol. The van der Waals surface area contributed by atoms with E-state index in [2.05, 4.69) is 13.0 Å². The van der Waals surface area contributed by atoms with Crippen molar-refractivity contribution in [2.45, 2.75) is 32.4 Å². The first kappa shape index (κ1) is 17.0. The summed E-state index contributed by atoms with van der Waals surface area (Å²) in [5, 5.41) is 8.83. The number of nitrogens with zero attached hydrogens (tertiary/aromatic N) is 2. The number of rotatable bonds is 7. The molecule has 0 radical (unpaired) electrons. The third kappa shape index (κ3) is 4.60. The lowest BCUT2D eigenvalue weighted by Crippen LogP contribution is -2.42. The van der Waals surface area contributed by atoms with Gasteiger partial charge >= 0.3 is 0 Å². The van der Waals surface area contributed by atoms with E-state index >= 15 is 0 Å². The minimum Gasteiger partial charge on any atom is -0.484 e. The van der Waals surface area contributed by atoms with Gasteiger partial charge in [-0.3, -0.25) is 4.79 Å². The van der Waals surface area contributed by atoms with E-state index in [9.17, 15) is 4.79 Å². The van der Waals surface area contributed by atoms with Gasteiger partial charge in [-0.25, -0.2) is 0 Å². The van der Waals surface area contributed by atoms with Crippen LogP contribution in [0.15, 0.2) is 54.6 Å². The Balaban J connectivity index is 1.64.